The lowest BCUT2D eigenvalue weighted by Gasteiger charge is -2.39. The van der Waals surface area contributed by atoms with Crippen LogP contribution in [0.4, 0.5) is 26.3 Å². The van der Waals surface area contributed by atoms with Crippen molar-refractivity contribution in [2.45, 2.75) is 30.4 Å². The smallest absolute Gasteiger partial charge is 0.426 e. The Hall–Kier alpha value is -2.12. The maximum atomic E-state index is 13.1. The molecule has 8 nitrogen and oxygen atoms in total. The Morgan fingerprint density at radius 3 is 1.75 bits per heavy atom. The fraction of sp³-hybridized carbons (Fsp3) is 0.800. The predicted octanol–water partition coefficient (Wildman–Crippen LogP) is 1.57. The highest BCUT2D eigenvalue weighted by Crippen LogP contribution is 2.50. The molecule has 1 rings (SSSR count). The number of ether oxygens (including phenoxy) is 2. The first-order valence-electron chi connectivity index (χ1n) is 5.95. The topological polar surface area (TPSA) is 89.8 Å². The summed E-state index contributed by atoms with van der Waals surface area (Å²) in [7, 11) is 1.47. The van der Waals surface area contributed by atoms with E-state index in [1.165, 1.54) is 0 Å². The van der Waals surface area contributed by atoms with Gasteiger partial charge < -0.3 is 9.47 Å². The molecule has 0 saturated heterocycles. The monoisotopic (exact) mass is 367 g/mol. The minimum atomic E-state index is -5.94. The molecule has 0 aromatic carbocycles. The molecule has 0 fully saturated rings. The molecule has 0 atom stereocenters. The van der Waals surface area contributed by atoms with Crippen molar-refractivity contribution < 1.29 is 50.2 Å². The lowest BCUT2D eigenvalue weighted by Crippen LogP contribution is -2.68. The van der Waals surface area contributed by atoms with Gasteiger partial charge in [-0.2, -0.15) is 31.5 Å². The van der Waals surface area contributed by atoms with E-state index in [1.54, 1.807) is 0 Å². The number of hydrogen-bond acceptors (Lipinski definition) is 8. The van der Waals surface area contributed by atoms with Gasteiger partial charge in [0, 0.05) is 0 Å². The van der Waals surface area contributed by atoms with Crippen LogP contribution in [-0.4, -0.2) is 61.4 Å². The molecule has 0 saturated carbocycles. The van der Waals surface area contributed by atoms with Gasteiger partial charge in [-0.3, -0.25) is 0 Å². The van der Waals surface area contributed by atoms with Crippen molar-refractivity contribution in [1.29, 1.82) is 0 Å². The minimum Gasteiger partial charge on any atom is -0.466 e. The summed E-state index contributed by atoms with van der Waals surface area (Å²) in [5.74, 6) is -3.20. The molecule has 14 heteroatoms. The lowest BCUT2D eigenvalue weighted by molar-refractivity contribution is -0.403. The van der Waals surface area contributed by atoms with Gasteiger partial charge in [0.15, 0.2) is 0 Å². The van der Waals surface area contributed by atoms with E-state index in [0.717, 1.165) is 14.2 Å². The van der Waals surface area contributed by atoms with Gasteiger partial charge in [0.25, 0.3) is 11.1 Å². The van der Waals surface area contributed by atoms with Gasteiger partial charge in [0.1, 0.15) is 6.54 Å². The molecule has 138 valence electrons. The highest BCUT2D eigenvalue weighted by Gasteiger charge is 2.78. The summed E-state index contributed by atoms with van der Waals surface area (Å²) in [6.45, 7) is -1.31. The van der Waals surface area contributed by atoms with Crippen LogP contribution < -0.4 is 0 Å². The normalized spacial score (nSPS) is 17.8. The molecule has 0 radical (unpaired) electrons. The van der Waals surface area contributed by atoms with E-state index in [2.05, 4.69) is 24.6 Å². The summed E-state index contributed by atoms with van der Waals surface area (Å²) in [5.41, 5.74) is -7.65. The maximum Gasteiger partial charge on any atom is 0.426 e. The van der Waals surface area contributed by atoms with Crippen molar-refractivity contribution >= 4 is 11.9 Å². The Labute approximate surface area is 130 Å². The van der Waals surface area contributed by atoms with Crippen LogP contribution in [0.2, 0.25) is 0 Å². The molecule has 24 heavy (non-hydrogen) atoms. The van der Waals surface area contributed by atoms with Gasteiger partial charge in [-0.1, -0.05) is 0 Å². The Morgan fingerprint density at radius 2 is 1.42 bits per heavy atom. The fourth-order valence-electron chi connectivity index (χ4n) is 1.70. The first-order chi connectivity index (χ1) is 10.8. The first-order valence-corrected chi connectivity index (χ1v) is 5.95. The predicted molar refractivity (Wildman–Crippen MR) is 59.9 cm³/mol. The molecular weight excluding hydrogens is 356 g/mol. The van der Waals surface area contributed by atoms with Crippen molar-refractivity contribution in [1.82, 2.24) is 5.17 Å². The molecule has 0 aliphatic carbocycles. The van der Waals surface area contributed by atoms with Crippen molar-refractivity contribution in [2.75, 3.05) is 20.8 Å². The molecule has 1 heterocycles. The quantitative estimate of drug-likeness (QED) is 0.426. The molecule has 1 aliphatic heterocycles. The standard InChI is InChI=1S/C10H11F6N3O5/c1-7(5(20)22-2,6(21)23-3)24-19-8(4-17-18-19,9(11,12)13)10(14,15)16/h4H2,1-3H3. The van der Waals surface area contributed by atoms with Gasteiger partial charge in [-0.25, -0.2) is 14.4 Å². The van der Waals surface area contributed by atoms with Crippen LogP contribution >= 0.6 is 0 Å². The molecule has 0 spiro atoms. The minimum absolute atomic E-state index is 0.565. The second-order valence-electron chi connectivity index (χ2n) is 4.63. The van der Waals surface area contributed by atoms with E-state index in [9.17, 15) is 35.9 Å². The number of carbonyl (C=O) groups excluding carboxylic acids is 2. The molecule has 0 amide bonds. The third kappa shape index (κ3) is 2.85. The van der Waals surface area contributed by atoms with Crippen molar-refractivity contribution in [3.8, 4) is 0 Å². The van der Waals surface area contributed by atoms with E-state index >= 15 is 0 Å². The summed E-state index contributed by atoms with van der Waals surface area (Å²) in [4.78, 5) is 27.6. The number of alkyl halides is 6. The summed E-state index contributed by atoms with van der Waals surface area (Å²) in [5, 5.41) is 4.34. The number of carbonyl (C=O) groups is 2. The molecular formula is C10H11F6N3O5. The van der Waals surface area contributed by atoms with Crippen LogP contribution in [0.3, 0.4) is 0 Å². The van der Waals surface area contributed by atoms with Gasteiger partial charge in [0.05, 0.1) is 14.2 Å². The number of methoxy groups -OCH3 is 2. The number of nitrogens with zero attached hydrogens (tertiary/aromatic N) is 3. The zero-order chi connectivity index (χ0) is 19.0. The summed E-state index contributed by atoms with van der Waals surface area (Å²) in [6.07, 6.45) is -11.9. The first kappa shape index (κ1) is 19.9. The third-order valence-electron chi connectivity index (χ3n) is 3.13. The van der Waals surface area contributed by atoms with Gasteiger partial charge in [-0.05, 0) is 12.1 Å². The van der Waals surface area contributed by atoms with Gasteiger partial charge in [-0.15, -0.1) is 5.17 Å². The summed E-state index contributed by atoms with van der Waals surface area (Å²) in [6, 6.07) is 0. The van der Waals surface area contributed by atoms with Gasteiger partial charge in [0.2, 0.25) is 0 Å². The number of rotatable bonds is 4. The van der Waals surface area contributed by atoms with Crippen LogP contribution in [-0.2, 0) is 23.9 Å². The summed E-state index contributed by atoms with van der Waals surface area (Å²) < 4.78 is 87.0. The second kappa shape index (κ2) is 6.07. The number of esters is 2. The zero-order valence-corrected chi connectivity index (χ0v) is 12.4. The van der Waals surface area contributed by atoms with Crippen LogP contribution in [0, 0.1) is 0 Å². The highest BCUT2D eigenvalue weighted by molar-refractivity contribution is 6.03. The summed E-state index contributed by atoms with van der Waals surface area (Å²) >= 11 is 0. The average Bonchev–Trinajstić information content (AvgIpc) is 2.89. The Morgan fingerprint density at radius 1 is 1.00 bits per heavy atom. The second-order valence-corrected chi connectivity index (χ2v) is 4.63. The maximum absolute atomic E-state index is 13.1. The molecule has 0 aromatic heterocycles. The van der Waals surface area contributed by atoms with E-state index < -0.39 is 47.1 Å². The fourth-order valence-corrected chi connectivity index (χ4v) is 1.70. The Bertz CT molecular complexity index is 516. The largest absolute Gasteiger partial charge is 0.466 e. The molecule has 0 aromatic rings. The van der Waals surface area contributed by atoms with E-state index in [1.807, 2.05) is 0 Å². The van der Waals surface area contributed by atoms with Crippen LogP contribution in [0.5, 0.6) is 0 Å². The molecule has 0 unspecified atom stereocenters. The average molecular weight is 367 g/mol. The van der Waals surface area contributed by atoms with Crippen LogP contribution in [0.15, 0.2) is 10.3 Å². The van der Waals surface area contributed by atoms with Crippen LogP contribution in [0.1, 0.15) is 6.92 Å². The van der Waals surface area contributed by atoms with Crippen LogP contribution in [0.25, 0.3) is 0 Å². The van der Waals surface area contributed by atoms with Crippen molar-refractivity contribution in [3.63, 3.8) is 0 Å². The van der Waals surface area contributed by atoms with Gasteiger partial charge >= 0.3 is 24.3 Å². The van der Waals surface area contributed by atoms with E-state index in [0.29, 0.717) is 6.92 Å². The SMILES string of the molecule is COC(=O)C(C)(ON1N=NCC1(C(F)(F)F)C(F)(F)F)C(=O)OC. The Kier molecular flexibility index (Phi) is 5.04. The number of halogens is 6. The highest BCUT2D eigenvalue weighted by atomic mass is 19.4. The third-order valence-corrected chi connectivity index (χ3v) is 3.13. The van der Waals surface area contributed by atoms with Crippen molar-refractivity contribution in [2.24, 2.45) is 10.3 Å². The van der Waals surface area contributed by atoms with Crippen molar-refractivity contribution in [3.05, 3.63) is 0 Å². The van der Waals surface area contributed by atoms with E-state index in [-0.39, 0.29) is 0 Å². The molecule has 1 aliphatic rings. The lowest BCUT2D eigenvalue weighted by atomic mass is 9.99. The Balaban J connectivity index is 3.39. The number of hydroxylamine groups is 1. The molecule has 0 bridgehead atoms. The van der Waals surface area contributed by atoms with E-state index in [4.69, 9.17) is 0 Å². The molecule has 0 N–H and O–H groups in total. The number of hydrogen-bond donors (Lipinski definition) is 0. The zero-order valence-electron chi connectivity index (χ0n) is 12.4.